The molecule has 1 atom stereocenters. The molecule has 1 aromatic carbocycles. The smallest absolute Gasteiger partial charge is 0.218 e. The number of nitrogens with zero attached hydrogens (tertiary/aromatic N) is 2. The second-order valence-electron chi connectivity index (χ2n) is 6.12. The molecule has 0 spiro atoms. The van der Waals surface area contributed by atoms with Crippen LogP contribution in [0.4, 0.5) is 0 Å². The molecule has 1 unspecified atom stereocenters. The van der Waals surface area contributed by atoms with Crippen molar-refractivity contribution in [3.05, 3.63) is 33.8 Å². The minimum atomic E-state index is -3.34. The fourth-order valence-electron chi connectivity index (χ4n) is 3.30. The molecule has 9 heteroatoms. The molecule has 0 aromatic heterocycles. The third kappa shape index (κ3) is 4.97. The first kappa shape index (κ1) is 20.2. The summed E-state index contributed by atoms with van der Waals surface area (Å²) in [5, 5.41) is 4.25. The van der Waals surface area contributed by atoms with Gasteiger partial charge in [0, 0.05) is 55.4 Å². The van der Waals surface area contributed by atoms with Crippen molar-refractivity contribution in [1.82, 2.24) is 14.5 Å². The summed E-state index contributed by atoms with van der Waals surface area (Å²) in [6, 6.07) is 5.26. The Kier molecular flexibility index (Phi) is 7.20. The van der Waals surface area contributed by atoms with Crippen molar-refractivity contribution < 1.29 is 8.42 Å². The standard InChI is InChI=1S/C15H21Cl2N3O2S.ClH/c16-13-7-12(8-14(17)9-13)11-23(21,22)20-4-1-15(10-20)19-5-2-18-3-6-19;/h7-9,15,18H,1-6,10-11H2;1H. The second-order valence-corrected chi connectivity index (χ2v) is 8.96. The average Bonchev–Trinajstić information content (AvgIpc) is 2.97. The fraction of sp³-hybridized carbons (Fsp3) is 0.600. The molecule has 1 aromatic rings. The number of benzene rings is 1. The van der Waals surface area contributed by atoms with Crippen LogP contribution in [-0.2, 0) is 15.8 Å². The molecule has 1 N–H and O–H groups in total. The summed E-state index contributed by atoms with van der Waals surface area (Å²) in [5.41, 5.74) is 0.633. The van der Waals surface area contributed by atoms with E-state index in [2.05, 4.69) is 10.2 Å². The first-order valence-corrected chi connectivity index (χ1v) is 10.2. The highest BCUT2D eigenvalue weighted by Crippen LogP contribution is 2.24. The van der Waals surface area contributed by atoms with Crippen LogP contribution in [0.5, 0.6) is 0 Å². The molecule has 3 rings (SSSR count). The highest BCUT2D eigenvalue weighted by molar-refractivity contribution is 7.88. The van der Waals surface area contributed by atoms with Gasteiger partial charge in [0.2, 0.25) is 10.0 Å². The Bertz CT molecular complexity index is 646. The molecule has 0 aliphatic carbocycles. The van der Waals surface area contributed by atoms with Crippen LogP contribution in [0.25, 0.3) is 0 Å². The number of halogens is 3. The van der Waals surface area contributed by atoms with Gasteiger partial charge in [0.25, 0.3) is 0 Å². The molecule has 2 heterocycles. The van der Waals surface area contributed by atoms with Crippen LogP contribution >= 0.6 is 35.6 Å². The Hall–Kier alpha value is -0.0800. The van der Waals surface area contributed by atoms with Crippen molar-refractivity contribution in [2.24, 2.45) is 0 Å². The molecule has 0 saturated carbocycles. The number of rotatable bonds is 4. The van der Waals surface area contributed by atoms with E-state index in [-0.39, 0.29) is 18.2 Å². The minimum absolute atomic E-state index is 0. The molecule has 24 heavy (non-hydrogen) atoms. The van der Waals surface area contributed by atoms with Gasteiger partial charge in [-0.15, -0.1) is 12.4 Å². The van der Waals surface area contributed by atoms with E-state index in [9.17, 15) is 8.42 Å². The lowest BCUT2D eigenvalue weighted by atomic mass is 10.2. The maximum absolute atomic E-state index is 12.7. The molecule has 2 saturated heterocycles. The quantitative estimate of drug-likeness (QED) is 0.821. The Morgan fingerprint density at radius 3 is 2.33 bits per heavy atom. The molecule has 136 valence electrons. The zero-order chi connectivity index (χ0) is 16.4. The zero-order valence-electron chi connectivity index (χ0n) is 13.2. The summed E-state index contributed by atoms with van der Waals surface area (Å²) in [6.45, 7) is 5.10. The van der Waals surface area contributed by atoms with Gasteiger partial charge in [-0.3, -0.25) is 4.90 Å². The molecule has 0 bridgehead atoms. The summed E-state index contributed by atoms with van der Waals surface area (Å²) < 4.78 is 26.9. The van der Waals surface area contributed by atoms with E-state index < -0.39 is 10.0 Å². The summed E-state index contributed by atoms with van der Waals surface area (Å²) in [5.74, 6) is -0.0540. The highest BCUT2D eigenvalue weighted by Gasteiger charge is 2.34. The zero-order valence-corrected chi connectivity index (χ0v) is 16.4. The van der Waals surface area contributed by atoms with Gasteiger partial charge in [-0.05, 0) is 30.2 Å². The summed E-state index contributed by atoms with van der Waals surface area (Å²) in [7, 11) is -3.34. The van der Waals surface area contributed by atoms with E-state index in [0.717, 1.165) is 32.6 Å². The van der Waals surface area contributed by atoms with Crippen LogP contribution in [0, 0.1) is 0 Å². The van der Waals surface area contributed by atoms with E-state index in [4.69, 9.17) is 23.2 Å². The predicted octanol–water partition coefficient (Wildman–Crippen LogP) is 2.22. The van der Waals surface area contributed by atoms with Crippen molar-refractivity contribution in [2.75, 3.05) is 39.3 Å². The monoisotopic (exact) mass is 413 g/mol. The van der Waals surface area contributed by atoms with Crippen LogP contribution < -0.4 is 5.32 Å². The van der Waals surface area contributed by atoms with Gasteiger partial charge < -0.3 is 5.32 Å². The van der Waals surface area contributed by atoms with E-state index in [1.165, 1.54) is 0 Å². The van der Waals surface area contributed by atoms with Gasteiger partial charge in [0.05, 0.1) is 5.75 Å². The summed E-state index contributed by atoms with van der Waals surface area (Å²) in [4.78, 5) is 2.39. The van der Waals surface area contributed by atoms with Gasteiger partial charge in [0.1, 0.15) is 0 Å². The van der Waals surface area contributed by atoms with Crippen LogP contribution in [0.15, 0.2) is 18.2 Å². The summed E-state index contributed by atoms with van der Waals surface area (Å²) >= 11 is 11.9. The van der Waals surface area contributed by atoms with Gasteiger partial charge >= 0.3 is 0 Å². The van der Waals surface area contributed by atoms with Gasteiger partial charge in [0.15, 0.2) is 0 Å². The second kappa shape index (κ2) is 8.54. The van der Waals surface area contributed by atoms with Crippen LogP contribution in [0.1, 0.15) is 12.0 Å². The van der Waals surface area contributed by atoms with Gasteiger partial charge in [-0.25, -0.2) is 12.7 Å². The maximum atomic E-state index is 12.7. The molecule has 0 amide bonds. The minimum Gasteiger partial charge on any atom is -0.314 e. The summed E-state index contributed by atoms with van der Waals surface area (Å²) in [6.07, 6.45) is 0.898. The fourth-order valence-corrected chi connectivity index (χ4v) is 5.43. The third-order valence-corrected chi connectivity index (χ3v) is 6.71. The van der Waals surface area contributed by atoms with Crippen molar-refractivity contribution in [1.29, 1.82) is 0 Å². The highest BCUT2D eigenvalue weighted by atomic mass is 35.5. The Morgan fingerprint density at radius 2 is 1.71 bits per heavy atom. The number of sulfonamides is 1. The van der Waals surface area contributed by atoms with Crippen molar-refractivity contribution in [2.45, 2.75) is 18.2 Å². The lowest BCUT2D eigenvalue weighted by molar-refractivity contribution is 0.179. The van der Waals surface area contributed by atoms with E-state index in [0.29, 0.717) is 34.7 Å². The lowest BCUT2D eigenvalue weighted by Gasteiger charge is -2.32. The lowest BCUT2D eigenvalue weighted by Crippen LogP contribution is -2.49. The van der Waals surface area contributed by atoms with Gasteiger partial charge in [-0.2, -0.15) is 0 Å². The Balaban J connectivity index is 0.00000208. The molecule has 2 fully saturated rings. The topological polar surface area (TPSA) is 52.7 Å². The molecular formula is C15H22Cl3N3O2S. The number of piperazine rings is 1. The first-order chi connectivity index (χ1) is 10.9. The predicted molar refractivity (Wildman–Crippen MR) is 101 cm³/mol. The van der Waals surface area contributed by atoms with E-state index in [1.807, 2.05) is 0 Å². The van der Waals surface area contributed by atoms with Gasteiger partial charge in [-0.1, -0.05) is 23.2 Å². The molecule has 5 nitrogen and oxygen atoms in total. The third-order valence-electron chi connectivity index (χ3n) is 4.46. The van der Waals surface area contributed by atoms with Crippen molar-refractivity contribution >= 4 is 45.6 Å². The molecular weight excluding hydrogens is 393 g/mol. The normalized spacial score (nSPS) is 23.2. The Labute approximate surface area is 159 Å². The van der Waals surface area contributed by atoms with Crippen LogP contribution in [0.3, 0.4) is 0 Å². The number of hydrogen-bond acceptors (Lipinski definition) is 4. The van der Waals surface area contributed by atoms with E-state index >= 15 is 0 Å². The Morgan fingerprint density at radius 1 is 1.08 bits per heavy atom. The average molecular weight is 415 g/mol. The van der Waals surface area contributed by atoms with Crippen LogP contribution in [-0.4, -0.2) is 62.9 Å². The van der Waals surface area contributed by atoms with E-state index in [1.54, 1.807) is 22.5 Å². The number of nitrogens with one attached hydrogen (secondary N) is 1. The van der Waals surface area contributed by atoms with Crippen molar-refractivity contribution in [3.8, 4) is 0 Å². The SMILES string of the molecule is Cl.O=S(=O)(Cc1cc(Cl)cc(Cl)c1)N1CCC(N2CCNCC2)C1. The van der Waals surface area contributed by atoms with Crippen LogP contribution in [0.2, 0.25) is 10.0 Å². The largest absolute Gasteiger partial charge is 0.314 e. The first-order valence-electron chi connectivity index (χ1n) is 7.81. The number of hydrogen-bond donors (Lipinski definition) is 1. The molecule has 2 aliphatic rings. The molecule has 0 radical (unpaired) electrons. The molecule has 2 aliphatic heterocycles. The maximum Gasteiger partial charge on any atom is 0.218 e. The van der Waals surface area contributed by atoms with Crippen molar-refractivity contribution in [3.63, 3.8) is 0 Å².